The maximum Gasteiger partial charge on any atom is 0.300 e. The number of carbonyl (C=O) groups excluding carboxylic acids is 2. The molecule has 1 atom stereocenters. The first kappa shape index (κ1) is 24.5. The highest BCUT2D eigenvalue weighted by atomic mass is 35.5. The average Bonchev–Trinajstić information content (AvgIpc) is 3.13. The third-order valence-corrected chi connectivity index (χ3v) is 6.13. The molecule has 1 fully saturated rings. The summed E-state index contributed by atoms with van der Waals surface area (Å²) < 4.78 is 19.3. The van der Waals surface area contributed by atoms with Crippen molar-refractivity contribution in [3.8, 4) is 5.75 Å². The summed E-state index contributed by atoms with van der Waals surface area (Å²) in [6.45, 7) is 2.72. The van der Waals surface area contributed by atoms with Crippen molar-refractivity contribution < 1.29 is 23.8 Å². The largest absolute Gasteiger partial charge is 0.507 e. The number of benzene rings is 3. The Balaban J connectivity index is 1.74. The molecule has 3 aromatic carbocycles. The molecule has 35 heavy (non-hydrogen) atoms. The smallest absolute Gasteiger partial charge is 0.300 e. The van der Waals surface area contributed by atoms with E-state index in [0.717, 1.165) is 19.3 Å². The van der Waals surface area contributed by atoms with Gasteiger partial charge in [-0.2, -0.15) is 0 Å². The van der Waals surface area contributed by atoms with Crippen LogP contribution >= 0.6 is 11.6 Å². The summed E-state index contributed by atoms with van der Waals surface area (Å²) in [5.41, 5.74) is 1.24. The molecule has 1 heterocycles. The fourth-order valence-corrected chi connectivity index (χ4v) is 4.19. The number of aliphatic hydroxyl groups is 1. The molecule has 5 nitrogen and oxygen atoms in total. The van der Waals surface area contributed by atoms with Crippen LogP contribution in [0.25, 0.3) is 5.76 Å². The van der Waals surface area contributed by atoms with E-state index < -0.39 is 23.5 Å². The van der Waals surface area contributed by atoms with E-state index in [0.29, 0.717) is 34.2 Å². The van der Waals surface area contributed by atoms with Crippen molar-refractivity contribution >= 4 is 34.7 Å². The Morgan fingerprint density at radius 2 is 1.63 bits per heavy atom. The van der Waals surface area contributed by atoms with E-state index in [-0.39, 0.29) is 11.3 Å². The minimum Gasteiger partial charge on any atom is -0.507 e. The summed E-state index contributed by atoms with van der Waals surface area (Å²) in [6.07, 6.45) is 3.13. The van der Waals surface area contributed by atoms with Gasteiger partial charge >= 0.3 is 0 Å². The zero-order valence-electron chi connectivity index (χ0n) is 19.2. The van der Waals surface area contributed by atoms with E-state index in [9.17, 15) is 19.1 Å². The molecule has 1 N–H and O–H groups in total. The van der Waals surface area contributed by atoms with Crippen molar-refractivity contribution in [2.75, 3.05) is 11.5 Å². The van der Waals surface area contributed by atoms with Crippen molar-refractivity contribution in [2.45, 2.75) is 32.2 Å². The first-order valence-corrected chi connectivity index (χ1v) is 11.8. The number of amides is 1. The fourth-order valence-electron chi connectivity index (χ4n) is 4.07. The number of aliphatic hydroxyl groups excluding tert-OH is 1. The summed E-state index contributed by atoms with van der Waals surface area (Å²) in [4.78, 5) is 27.5. The molecular formula is C28H25ClFNO4. The molecule has 0 radical (unpaired) electrons. The van der Waals surface area contributed by atoms with Gasteiger partial charge in [-0.3, -0.25) is 14.5 Å². The Hall–Kier alpha value is -3.64. The van der Waals surface area contributed by atoms with Gasteiger partial charge in [-0.15, -0.1) is 0 Å². The highest BCUT2D eigenvalue weighted by Crippen LogP contribution is 2.42. The van der Waals surface area contributed by atoms with E-state index in [1.807, 2.05) is 0 Å². The topological polar surface area (TPSA) is 66.8 Å². The van der Waals surface area contributed by atoms with Gasteiger partial charge in [0.2, 0.25) is 0 Å². The normalized spacial score (nSPS) is 17.1. The van der Waals surface area contributed by atoms with E-state index >= 15 is 0 Å². The summed E-state index contributed by atoms with van der Waals surface area (Å²) in [5.74, 6) is -1.75. The van der Waals surface area contributed by atoms with Gasteiger partial charge in [-0.25, -0.2) is 4.39 Å². The summed E-state index contributed by atoms with van der Waals surface area (Å²) in [5, 5.41) is 11.7. The summed E-state index contributed by atoms with van der Waals surface area (Å²) >= 11 is 6.05. The molecule has 0 saturated carbocycles. The number of ether oxygens (including phenoxy) is 1. The summed E-state index contributed by atoms with van der Waals surface area (Å²) in [6, 6.07) is 17.8. The van der Waals surface area contributed by atoms with Crippen LogP contribution in [0.2, 0.25) is 5.02 Å². The Labute approximate surface area is 208 Å². The van der Waals surface area contributed by atoms with E-state index in [1.54, 1.807) is 48.5 Å². The highest BCUT2D eigenvalue weighted by molar-refractivity contribution is 6.51. The van der Waals surface area contributed by atoms with E-state index in [1.165, 1.54) is 29.2 Å². The number of ketones is 1. The van der Waals surface area contributed by atoms with E-state index in [2.05, 4.69) is 6.92 Å². The number of halogens is 2. The molecule has 180 valence electrons. The zero-order valence-corrected chi connectivity index (χ0v) is 20.0. The molecule has 1 unspecified atom stereocenters. The lowest BCUT2D eigenvalue weighted by Gasteiger charge is -2.25. The molecule has 3 aromatic rings. The number of unbranched alkanes of at least 4 members (excludes halogenated alkanes) is 2. The third-order valence-electron chi connectivity index (χ3n) is 5.88. The van der Waals surface area contributed by atoms with E-state index in [4.69, 9.17) is 16.3 Å². The average molecular weight is 494 g/mol. The van der Waals surface area contributed by atoms with Gasteiger partial charge in [-0.05, 0) is 72.6 Å². The number of rotatable bonds is 8. The third kappa shape index (κ3) is 5.23. The quantitative estimate of drug-likeness (QED) is 0.164. The van der Waals surface area contributed by atoms with Crippen LogP contribution in [0.4, 0.5) is 10.1 Å². The standard InChI is InChI=1S/C28H25ClFNO4/c1-2-3-4-17-35-23-15-7-19(8-16-23)26(32)24-25(18-5-9-20(29)10-6-18)31(28(34)27(24)33)22-13-11-21(30)12-14-22/h5-16,25,32H,2-4,17H2,1H3/b26-24+. The maximum atomic E-state index is 13.5. The molecular weight excluding hydrogens is 469 g/mol. The van der Waals surface area contributed by atoms with Crippen LogP contribution in [0.5, 0.6) is 5.75 Å². The highest BCUT2D eigenvalue weighted by Gasteiger charge is 2.46. The summed E-state index contributed by atoms with van der Waals surface area (Å²) in [7, 11) is 0. The first-order valence-electron chi connectivity index (χ1n) is 11.5. The molecule has 0 aliphatic carbocycles. The Morgan fingerprint density at radius 3 is 2.26 bits per heavy atom. The minimum atomic E-state index is -0.914. The number of hydrogen-bond acceptors (Lipinski definition) is 4. The van der Waals surface area contributed by atoms with Crippen molar-refractivity contribution in [1.29, 1.82) is 0 Å². The SMILES string of the molecule is CCCCCOc1ccc(/C(O)=C2\C(=O)C(=O)N(c3ccc(F)cc3)C2c2ccc(Cl)cc2)cc1. The molecule has 1 amide bonds. The van der Waals surface area contributed by atoms with Crippen LogP contribution < -0.4 is 9.64 Å². The van der Waals surface area contributed by atoms with Crippen LogP contribution in [0, 0.1) is 5.82 Å². The lowest BCUT2D eigenvalue weighted by Crippen LogP contribution is -2.29. The number of nitrogens with zero attached hydrogens (tertiary/aromatic N) is 1. The second-order valence-electron chi connectivity index (χ2n) is 8.28. The van der Waals surface area contributed by atoms with Crippen molar-refractivity contribution in [3.63, 3.8) is 0 Å². The lowest BCUT2D eigenvalue weighted by molar-refractivity contribution is -0.132. The van der Waals surface area contributed by atoms with Gasteiger partial charge < -0.3 is 9.84 Å². The van der Waals surface area contributed by atoms with Gasteiger partial charge in [0.1, 0.15) is 17.3 Å². The van der Waals surface area contributed by atoms with Gasteiger partial charge in [0.25, 0.3) is 11.7 Å². The number of anilines is 1. The van der Waals surface area contributed by atoms with Crippen molar-refractivity contribution in [3.05, 3.63) is 100 Å². The molecule has 1 aliphatic rings. The zero-order chi connectivity index (χ0) is 24.9. The number of carbonyl (C=O) groups is 2. The minimum absolute atomic E-state index is 0.0572. The van der Waals surface area contributed by atoms with Crippen LogP contribution in [0.15, 0.2) is 78.4 Å². The first-order chi connectivity index (χ1) is 16.9. The van der Waals surface area contributed by atoms with Crippen LogP contribution in [0.3, 0.4) is 0 Å². The van der Waals surface area contributed by atoms with Crippen molar-refractivity contribution in [1.82, 2.24) is 0 Å². The molecule has 0 spiro atoms. The Bertz CT molecular complexity index is 1240. The fraction of sp³-hybridized carbons (Fsp3) is 0.214. The van der Waals surface area contributed by atoms with Gasteiger partial charge in [0.15, 0.2) is 0 Å². The molecule has 4 rings (SSSR count). The van der Waals surface area contributed by atoms with Crippen molar-refractivity contribution in [2.24, 2.45) is 0 Å². The molecule has 0 bridgehead atoms. The predicted molar refractivity (Wildman–Crippen MR) is 134 cm³/mol. The molecule has 0 aromatic heterocycles. The lowest BCUT2D eigenvalue weighted by atomic mass is 9.95. The van der Waals surface area contributed by atoms with Gasteiger partial charge in [-0.1, -0.05) is 43.5 Å². The van der Waals surface area contributed by atoms with Crippen LogP contribution in [-0.2, 0) is 9.59 Å². The molecule has 1 aliphatic heterocycles. The molecule has 7 heteroatoms. The maximum absolute atomic E-state index is 13.5. The second-order valence-corrected chi connectivity index (χ2v) is 8.71. The monoisotopic (exact) mass is 493 g/mol. The van der Waals surface area contributed by atoms with Crippen LogP contribution in [0.1, 0.15) is 43.4 Å². The number of hydrogen-bond donors (Lipinski definition) is 1. The Kier molecular flexibility index (Phi) is 7.51. The predicted octanol–water partition coefficient (Wildman–Crippen LogP) is 6.67. The second kappa shape index (κ2) is 10.7. The van der Waals surface area contributed by atoms with Gasteiger partial charge in [0.05, 0.1) is 18.2 Å². The number of Topliss-reactive ketones (excluding diaryl/α,β-unsaturated/α-hetero) is 1. The molecule has 1 saturated heterocycles. The van der Waals surface area contributed by atoms with Gasteiger partial charge in [0, 0.05) is 16.3 Å². The van der Waals surface area contributed by atoms with Crippen LogP contribution in [-0.4, -0.2) is 23.4 Å². The Morgan fingerprint density at radius 1 is 0.971 bits per heavy atom.